The maximum atomic E-state index is 11.6. The zero-order valence-electron chi connectivity index (χ0n) is 8.01. The molecule has 0 aromatic rings. The minimum Gasteiger partial charge on any atom is -0.299 e. The number of carbonyl (C=O) groups excluding carboxylic acids is 1. The minimum absolute atomic E-state index is 0.400. The Kier molecular flexibility index (Phi) is 4.13. The van der Waals surface area contributed by atoms with Gasteiger partial charge in [0, 0.05) is 12.3 Å². The highest BCUT2D eigenvalue weighted by atomic mass is 32.2. The summed E-state index contributed by atoms with van der Waals surface area (Å²) >= 11 is 1.77. The van der Waals surface area contributed by atoms with Crippen molar-refractivity contribution in [1.29, 1.82) is 0 Å². The van der Waals surface area contributed by atoms with Crippen LogP contribution in [0.3, 0.4) is 0 Å². The van der Waals surface area contributed by atoms with E-state index < -0.39 is 0 Å². The van der Waals surface area contributed by atoms with Crippen LogP contribution in [0.5, 0.6) is 0 Å². The topological polar surface area (TPSA) is 17.1 Å². The predicted molar refractivity (Wildman–Crippen MR) is 54.5 cm³/mol. The van der Waals surface area contributed by atoms with Crippen molar-refractivity contribution in [1.82, 2.24) is 0 Å². The van der Waals surface area contributed by atoms with Crippen molar-refractivity contribution in [3.05, 3.63) is 0 Å². The molecule has 1 saturated carbocycles. The van der Waals surface area contributed by atoms with Crippen LogP contribution in [0.2, 0.25) is 0 Å². The quantitative estimate of drug-likeness (QED) is 0.671. The van der Waals surface area contributed by atoms with Gasteiger partial charge >= 0.3 is 0 Å². The molecule has 0 spiro atoms. The molecule has 12 heavy (non-hydrogen) atoms. The highest BCUT2D eigenvalue weighted by Crippen LogP contribution is 2.32. The Bertz CT molecular complexity index is 156. The summed E-state index contributed by atoms with van der Waals surface area (Å²) in [4.78, 5) is 11.6. The van der Waals surface area contributed by atoms with Crippen molar-refractivity contribution < 1.29 is 4.79 Å². The Labute approximate surface area is 79.3 Å². The summed E-state index contributed by atoms with van der Waals surface area (Å²) < 4.78 is 0. The van der Waals surface area contributed by atoms with E-state index in [9.17, 15) is 4.79 Å². The van der Waals surface area contributed by atoms with Crippen LogP contribution in [0.1, 0.15) is 32.6 Å². The first-order chi connectivity index (χ1) is 5.75. The van der Waals surface area contributed by atoms with Gasteiger partial charge in [0.1, 0.15) is 5.78 Å². The standard InChI is InChI=1S/C10H18OS/c1-8-4-3-5-9(8)10(11)6-7-12-2/h8-9H,3-7H2,1-2H3. The molecule has 0 aromatic heterocycles. The van der Waals surface area contributed by atoms with Crippen molar-refractivity contribution >= 4 is 17.5 Å². The van der Waals surface area contributed by atoms with Gasteiger partial charge in [0.15, 0.2) is 0 Å². The maximum Gasteiger partial charge on any atom is 0.137 e. The summed E-state index contributed by atoms with van der Waals surface area (Å²) in [5, 5.41) is 0. The largest absolute Gasteiger partial charge is 0.299 e. The molecule has 0 radical (unpaired) electrons. The smallest absolute Gasteiger partial charge is 0.137 e. The van der Waals surface area contributed by atoms with Crippen molar-refractivity contribution in [2.45, 2.75) is 32.6 Å². The molecule has 2 heteroatoms. The van der Waals surface area contributed by atoms with E-state index >= 15 is 0 Å². The number of ketones is 1. The third-order valence-electron chi connectivity index (χ3n) is 2.83. The van der Waals surface area contributed by atoms with Crippen molar-refractivity contribution in [2.75, 3.05) is 12.0 Å². The molecule has 2 atom stereocenters. The predicted octanol–water partition coefficient (Wildman–Crippen LogP) is 2.74. The normalized spacial score (nSPS) is 29.2. The van der Waals surface area contributed by atoms with Gasteiger partial charge in [0.25, 0.3) is 0 Å². The molecule has 0 amide bonds. The van der Waals surface area contributed by atoms with Crippen LogP contribution in [-0.4, -0.2) is 17.8 Å². The fourth-order valence-corrected chi connectivity index (χ4v) is 2.42. The molecule has 0 bridgehead atoms. The second kappa shape index (κ2) is 4.90. The van der Waals surface area contributed by atoms with Crippen LogP contribution in [-0.2, 0) is 4.79 Å². The third-order valence-corrected chi connectivity index (χ3v) is 3.44. The number of rotatable bonds is 4. The lowest BCUT2D eigenvalue weighted by atomic mass is 9.92. The fourth-order valence-electron chi connectivity index (χ4n) is 2.01. The Morgan fingerprint density at radius 2 is 2.25 bits per heavy atom. The second-order valence-electron chi connectivity index (χ2n) is 3.72. The molecule has 0 aliphatic heterocycles. The summed E-state index contributed by atoms with van der Waals surface area (Å²) in [5.74, 6) is 2.56. The van der Waals surface area contributed by atoms with Gasteiger partial charge in [-0.1, -0.05) is 13.3 Å². The monoisotopic (exact) mass is 186 g/mol. The summed E-state index contributed by atoms with van der Waals surface area (Å²) in [6.45, 7) is 2.22. The van der Waals surface area contributed by atoms with Crippen LogP contribution in [0.25, 0.3) is 0 Å². The average molecular weight is 186 g/mol. The Morgan fingerprint density at radius 1 is 1.50 bits per heavy atom. The van der Waals surface area contributed by atoms with Gasteiger partial charge < -0.3 is 0 Å². The average Bonchev–Trinajstić information content (AvgIpc) is 2.47. The number of hydrogen-bond acceptors (Lipinski definition) is 2. The highest BCUT2D eigenvalue weighted by Gasteiger charge is 2.28. The Balaban J connectivity index is 2.30. The van der Waals surface area contributed by atoms with E-state index in [1.54, 1.807) is 11.8 Å². The van der Waals surface area contributed by atoms with Crippen LogP contribution in [0.15, 0.2) is 0 Å². The van der Waals surface area contributed by atoms with Gasteiger partial charge in [-0.15, -0.1) is 0 Å². The highest BCUT2D eigenvalue weighted by molar-refractivity contribution is 7.98. The van der Waals surface area contributed by atoms with Gasteiger partial charge in [-0.2, -0.15) is 11.8 Å². The van der Waals surface area contributed by atoms with E-state index in [-0.39, 0.29) is 0 Å². The zero-order valence-corrected chi connectivity index (χ0v) is 8.82. The molecule has 1 aliphatic rings. The Morgan fingerprint density at radius 3 is 2.75 bits per heavy atom. The Hall–Kier alpha value is 0.0200. The first-order valence-corrected chi connectivity index (χ1v) is 6.16. The van der Waals surface area contributed by atoms with E-state index in [4.69, 9.17) is 0 Å². The van der Waals surface area contributed by atoms with E-state index in [1.807, 2.05) is 0 Å². The molecule has 2 unspecified atom stereocenters. The first-order valence-electron chi connectivity index (χ1n) is 4.77. The number of hydrogen-bond donors (Lipinski definition) is 0. The summed E-state index contributed by atoms with van der Waals surface area (Å²) in [6, 6.07) is 0. The summed E-state index contributed by atoms with van der Waals surface area (Å²) in [7, 11) is 0. The molecule has 1 fully saturated rings. The van der Waals surface area contributed by atoms with Crippen LogP contribution >= 0.6 is 11.8 Å². The minimum atomic E-state index is 0.400. The molecule has 1 aliphatic carbocycles. The molecular formula is C10H18OS. The number of Topliss-reactive ketones (excluding diaryl/α,β-unsaturated/α-hetero) is 1. The molecule has 0 heterocycles. The molecule has 0 N–H and O–H groups in total. The lowest BCUT2D eigenvalue weighted by Crippen LogP contribution is -2.17. The van der Waals surface area contributed by atoms with Gasteiger partial charge in [-0.25, -0.2) is 0 Å². The zero-order chi connectivity index (χ0) is 8.97. The van der Waals surface area contributed by atoms with Gasteiger partial charge in [0.05, 0.1) is 0 Å². The van der Waals surface area contributed by atoms with Crippen LogP contribution in [0.4, 0.5) is 0 Å². The molecule has 1 nitrogen and oxygen atoms in total. The van der Waals surface area contributed by atoms with E-state index in [0.717, 1.165) is 18.6 Å². The van der Waals surface area contributed by atoms with Crippen LogP contribution < -0.4 is 0 Å². The molecular weight excluding hydrogens is 168 g/mol. The van der Waals surface area contributed by atoms with Gasteiger partial charge in [0.2, 0.25) is 0 Å². The SMILES string of the molecule is CSCCC(=O)C1CCCC1C. The second-order valence-corrected chi connectivity index (χ2v) is 4.71. The van der Waals surface area contributed by atoms with Gasteiger partial charge in [-0.3, -0.25) is 4.79 Å². The first kappa shape index (κ1) is 10.1. The lowest BCUT2D eigenvalue weighted by molar-refractivity contribution is -0.123. The number of carbonyl (C=O) groups is 1. The number of thioether (sulfide) groups is 1. The van der Waals surface area contributed by atoms with Gasteiger partial charge in [-0.05, 0) is 30.8 Å². The molecule has 0 saturated heterocycles. The van der Waals surface area contributed by atoms with Crippen molar-refractivity contribution in [3.8, 4) is 0 Å². The third kappa shape index (κ3) is 2.51. The van der Waals surface area contributed by atoms with E-state index in [1.165, 1.54) is 12.8 Å². The fraction of sp³-hybridized carbons (Fsp3) is 0.900. The lowest BCUT2D eigenvalue weighted by Gasteiger charge is -2.12. The van der Waals surface area contributed by atoms with Crippen molar-refractivity contribution in [2.24, 2.45) is 11.8 Å². The van der Waals surface area contributed by atoms with Crippen LogP contribution in [0, 0.1) is 11.8 Å². The molecule has 0 aromatic carbocycles. The molecule has 70 valence electrons. The van der Waals surface area contributed by atoms with Crippen molar-refractivity contribution in [3.63, 3.8) is 0 Å². The summed E-state index contributed by atoms with van der Waals surface area (Å²) in [6.07, 6.45) is 6.52. The molecule has 1 rings (SSSR count). The maximum absolute atomic E-state index is 11.6. The summed E-state index contributed by atoms with van der Waals surface area (Å²) in [5.41, 5.74) is 0. The van der Waals surface area contributed by atoms with E-state index in [0.29, 0.717) is 17.6 Å². The van der Waals surface area contributed by atoms with E-state index in [2.05, 4.69) is 13.2 Å².